The van der Waals surface area contributed by atoms with E-state index in [1.165, 1.54) is 6.07 Å². The highest BCUT2D eigenvalue weighted by Crippen LogP contribution is 2.31. The molecule has 7 heteroatoms. The van der Waals surface area contributed by atoms with Gasteiger partial charge in [-0.1, -0.05) is 13.3 Å². The van der Waals surface area contributed by atoms with Gasteiger partial charge in [0.2, 0.25) is 5.88 Å². The number of anilines is 1. The molecule has 0 aliphatic carbocycles. The summed E-state index contributed by atoms with van der Waals surface area (Å²) < 4.78 is 11.1. The van der Waals surface area contributed by atoms with Crippen LogP contribution in [-0.4, -0.2) is 23.6 Å². The zero-order valence-corrected chi connectivity index (χ0v) is 13.1. The number of hydrogen-bond donors (Lipinski definition) is 1. The summed E-state index contributed by atoms with van der Waals surface area (Å²) in [6.45, 7) is 2.73. The first-order chi connectivity index (χ1) is 11.1. The molecule has 23 heavy (non-hydrogen) atoms. The Bertz CT molecular complexity index is 659. The van der Waals surface area contributed by atoms with Crippen molar-refractivity contribution in [1.82, 2.24) is 4.98 Å². The van der Waals surface area contributed by atoms with E-state index in [4.69, 9.17) is 9.47 Å². The van der Waals surface area contributed by atoms with Crippen LogP contribution in [0.4, 0.5) is 11.4 Å². The lowest BCUT2D eigenvalue weighted by molar-refractivity contribution is -0.384. The van der Waals surface area contributed by atoms with E-state index in [2.05, 4.69) is 17.2 Å². The maximum Gasteiger partial charge on any atom is 0.292 e. The van der Waals surface area contributed by atoms with Gasteiger partial charge in [-0.3, -0.25) is 10.1 Å². The van der Waals surface area contributed by atoms with Crippen molar-refractivity contribution < 1.29 is 14.4 Å². The van der Waals surface area contributed by atoms with Crippen molar-refractivity contribution in [2.75, 3.05) is 19.0 Å². The third-order valence-corrected chi connectivity index (χ3v) is 3.13. The fourth-order valence-electron chi connectivity index (χ4n) is 1.91. The predicted molar refractivity (Wildman–Crippen MR) is 87.4 cm³/mol. The van der Waals surface area contributed by atoms with Crippen LogP contribution in [0.2, 0.25) is 0 Å². The topological polar surface area (TPSA) is 86.5 Å². The lowest BCUT2D eigenvalue weighted by Crippen LogP contribution is -1.98. The van der Waals surface area contributed by atoms with E-state index in [1.807, 2.05) is 0 Å². The van der Waals surface area contributed by atoms with E-state index < -0.39 is 4.92 Å². The van der Waals surface area contributed by atoms with Crippen LogP contribution in [0.5, 0.6) is 17.4 Å². The van der Waals surface area contributed by atoms with E-state index in [-0.39, 0.29) is 5.69 Å². The van der Waals surface area contributed by atoms with Gasteiger partial charge in [0, 0.05) is 25.2 Å². The fraction of sp³-hybridized carbons (Fsp3) is 0.312. The quantitative estimate of drug-likeness (QED) is 0.450. The molecule has 0 aliphatic rings. The van der Waals surface area contributed by atoms with Gasteiger partial charge in [-0.25, -0.2) is 4.98 Å². The van der Waals surface area contributed by atoms with E-state index in [0.29, 0.717) is 29.7 Å². The molecular weight excluding hydrogens is 298 g/mol. The van der Waals surface area contributed by atoms with Gasteiger partial charge in [0.15, 0.2) is 0 Å². The maximum atomic E-state index is 10.9. The molecular formula is C16H19N3O4. The van der Waals surface area contributed by atoms with Gasteiger partial charge < -0.3 is 14.8 Å². The van der Waals surface area contributed by atoms with Crippen molar-refractivity contribution in [2.24, 2.45) is 0 Å². The molecule has 0 amide bonds. The van der Waals surface area contributed by atoms with Gasteiger partial charge in [-0.15, -0.1) is 0 Å². The third-order valence-electron chi connectivity index (χ3n) is 3.13. The lowest BCUT2D eigenvalue weighted by Gasteiger charge is -2.09. The number of ether oxygens (including phenoxy) is 2. The van der Waals surface area contributed by atoms with Gasteiger partial charge >= 0.3 is 0 Å². The molecule has 2 rings (SSSR count). The molecule has 0 bridgehead atoms. The van der Waals surface area contributed by atoms with Crippen LogP contribution in [0.3, 0.4) is 0 Å². The molecule has 0 radical (unpaired) electrons. The molecule has 1 aromatic carbocycles. The maximum absolute atomic E-state index is 10.9. The fourth-order valence-corrected chi connectivity index (χ4v) is 1.91. The van der Waals surface area contributed by atoms with E-state index in [0.717, 1.165) is 12.8 Å². The molecule has 1 heterocycles. The Morgan fingerprint density at radius 2 is 2.04 bits per heavy atom. The molecule has 7 nitrogen and oxygen atoms in total. The second-order valence-electron chi connectivity index (χ2n) is 4.82. The number of nitrogens with one attached hydrogen (secondary N) is 1. The largest absolute Gasteiger partial charge is 0.478 e. The molecule has 0 fully saturated rings. The standard InChI is InChI=1S/C16H19N3O4/c1-3-4-9-22-16-8-6-13(11-18-16)23-12-5-7-15(19(20)21)14(10-12)17-2/h5-8,10-11,17H,3-4,9H2,1-2H3. The van der Waals surface area contributed by atoms with Crippen LogP contribution in [0.25, 0.3) is 0 Å². The Hall–Kier alpha value is -2.83. The number of pyridine rings is 1. The van der Waals surface area contributed by atoms with E-state index in [9.17, 15) is 10.1 Å². The minimum absolute atomic E-state index is 0.00218. The summed E-state index contributed by atoms with van der Waals surface area (Å²) in [5.74, 6) is 1.57. The highest BCUT2D eigenvalue weighted by atomic mass is 16.6. The molecule has 0 unspecified atom stereocenters. The summed E-state index contributed by atoms with van der Waals surface area (Å²) in [6, 6.07) is 8.00. The van der Waals surface area contributed by atoms with Crippen LogP contribution in [0.15, 0.2) is 36.5 Å². The molecule has 0 saturated carbocycles. The summed E-state index contributed by atoms with van der Waals surface area (Å²) in [4.78, 5) is 14.6. The first-order valence-corrected chi connectivity index (χ1v) is 7.37. The van der Waals surface area contributed by atoms with Crippen molar-refractivity contribution in [3.8, 4) is 17.4 Å². The van der Waals surface area contributed by atoms with Gasteiger partial charge in [0.1, 0.15) is 17.2 Å². The predicted octanol–water partition coefficient (Wildman–Crippen LogP) is 4.00. The monoisotopic (exact) mass is 317 g/mol. The summed E-state index contributed by atoms with van der Waals surface area (Å²) in [7, 11) is 1.62. The van der Waals surface area contributed by atoms with Crippen molar-refractivity contribution in [2.45, 2.75) is 19.8 Å². The van der Waals surface area contributed by atoms with Crippen LogP contribution >= 0.6 is 0 Å². The number of rotatable bonds is 8. The number of unbranched alkanes of at least 4 members (excludes halogenated alkanes) is 1. The second kappa shape index (κ2) is 7.98. The zero-order valence-electron chi connectivity index (χ0n) is 13.1. The molecule has 0 aliphatic heterocycles. The lowest BCUT2D eigenvalue weighted by atomic mass is 10.2. The Morgan fingerprint density at radius 1 is 1.26 bits per heavy atom. The number of aromatic nitrogens is 1. The first-order valence-electron chi connectivity index (χ1n) is 7.37. The summed E-state index contributed by atoms with van der Waals surface area (Å²) >= 11 is 0. The van der Waals surface area contributed by atoms with Crippen LogP contribution in [-0.2, 0) is 0 Å². The highest BCUT2D eigenvalue weighted by molar-refractivity contribution is 5.64. The first kappa shape index (κ1) is 16.5. The van der Waals surface area contributed by atoms with Crippen molar-refractivity contribution in [3.63, 3.8) is 0 Å². The van der Waals surface area contributed by atoms with Crippen LogP contribution in [0, 0.1) is 10.1 Å². The average molecular weight is 317 g/mol. The minimum atomic E-state index is -0.445. The summed E-state index contributed by atoms with van der Waals surface area (Å²) in [5, 5.41) is 13.7. The van der Waals surface area contributed by atoms with Gasteiger partial charge in [-0.2, -0.15) is 0 Å². The summed E-state index contributed by atoms with van der Waals surface area (Å²) in [5.41, 5.74) is 0.387. The Balaban J connectivity index is 2.05. The summed E-state index contributed by atoms with van der Waals surface area (Å²) in [6.07, 6.45) is 3.60. The minimum Gasteiger partial charge on any atom is -0.478 e. The number of benzene rings is 1. The Labute approximate surface area is 134 Å². The van der Waals surface area contributed by atoms with Gasteiger partial charge in [0.05, 0.1) is 17.7 Å². The smallest absolute Gasteiger partial charge is 0.292 e. The van der Waals surface area contributed by atoms with Gasteiger partial charge in [0.25, 0.3) is 5.69 Å². The number of nitro benzene ring substituents is 1. The molecule has 0 atom stereocenters. The normalized spacial score (nSPS) is 10.2. The van der Waals surface area contributed by atoms with E-state index >= 15 is 0 Å². The molecule has 2 aromatic rings. The zero-order chi connectivity index (χ0) is 16.7. The molecule has 122 valence electrons. The SMILES string of the molecule is CCCCOc1ccc(Oc2ccc([N+](=O)[O-])c(NC)c2)cn1. The Morgan fingerprint density at radius 3 is 2.65 bits per heavy atom. The van der Waals surface area contributed by atoms with Crippen molar-refractivity contribution in [1.29, 1.82) is 0 Å². The Kier molecular flexibility index (Phi) is 5.74. The van der Waals surface area contributed by atoms with Crippen LogP contribution < -0.4 is 14.8 Å². The number of hydrogen-bond acceptors (Lipinski definition) is 6. The van der Waals surface area contributed by atoms with E-state index in [1.54, 1.807) is 37.5 Å². The van der Waals surface area contributed by atoms with Crippen LogP contribution in [0.1, 0.15) is 19.8 Å². The highest BCUT2D eigenvalue weighted by Gasteiger charge is 2.13. The van der Waals surface area contributed by atoms with Crippen molar-refractivity contribution in [3.05, 3.63) is 46.6 Å². The van der Waals surface area contributed by atoms with Crippen molar-refractivity contribution >= 4 is 11.4 Å². The average Bonchev–Trinajstić information content (AvgIpc) is 2.56. The van der Waals surface area contributed by atoms with Gasteiger partial charge in [-0.05, 0) is 18.6 Å². The molecule has 1 N–H and O–H groups in total. The number of nitro groups is 1. The molecule has 0 saturated heterocycles. The molecule has 0 spiro atoms. The molecule has 1 aromatic heterocycles. The second-order valence-corrected chi connectivity index (χ2v) is 4.82. The third kappa shape index (κ3) is 4.57. The number of nitrogens with zero attached hydrogens (tertiary/aromatic N) is 2.